The molecule has 0 saturated carbocycles. The molecule has 2 aromatic rings. The van der Waals surface area contributed by atoms with Crippen molar-refractivity contribution in [2.75, 3.05) is 0 Å². The maximum Gasteiger partial charge on any atom is 0.289 e. The van der Waals surface area contributed by atoms with Gasteiger partial charge in [0.25, 0.3) is 5.91 Å². The zero-order valence-corrected chi connectivity index (χ0v) is 11.3. The number of rotatable bonds is 4. The maximum absolute atomic E-state index is 11.6. The van der Waals surface area contributed by atoms with Gasteiger partial charge in [-0.25, -0.2) is 5.43 Å². The van der Waals surface area contributed by atoms with Crippen LogP contribution in [0.4, 0.5) is 0 Å². The number of benzene rings is 1. The molecule has 0 fully saturated rings. The Kier molecular flexibility index (Phi) is 5.03. The lowest BCUT2D eigenvalue weighted by Gasteiger charge is -1.97. The van der Waals surface area contributed by atoms with Crippen LogP contribution < -0.4 is 5.43 Å². The molecular weight excluding hydrogens is 274 g/mol. The number of hydrazone groups is 1. The van der Waals surface area contributed by atoms with Crippen molar-refractivity contribution in [3.05, 3.63) is 71.0 Å². The molecule has 2 rings (SSSR count). The van der Waals surface area contributed by atoms with Crippen molar-refractivity contribution in [3.8, 4) is 0 Å². The Hall–Kier alpha value is -2.46. The van der Waals surface area contributed by atoms with E-state index in [0.29, 0.717) is 10.7 Å². The Labute approximate surface area is 121 Å². The summed E-state index contributed by atoms with van der Waals surface area (Å²) in [5, 5.41) is 4.19. The summed E-state index contributed by atoms with van der Waals surface area (Å²) in [6.07, 6.45) is 4.66. The summed E-state index contributed by atoms with van der Waals surface area (Å²) in [6, 6.07) is 14.7. The topological polar surface area (TPSA) is 54.4 Å². The molecule has 4 nitrogen and oxygen atoms in total. The van der Waals surface area contributed by atoms with Gasteiger partial charge in [0.05, 0.1) is 11.2 Å². The number of amides is 1. The highest BCUT2D eigenvalue weighted by atomic mass is 35.5. The molecule has 20 heavy (non-hydrogen) atoms. The molecule has 0 aliphatic carbocycles. The summed E-state index contributed by atoms with van der Waals surface area (Å²) in [5.41, 5.74) is 3.62. The first-order chi connectivity index (χ1) is 9.75. The Morgan fingerprint density at radius 3 is 2.60 bits per heavy atom. The fourth-order valence-electron chi connectivity index (χ4n) is 1.45. The van der Waals surface area contributed by atoms with Gasteiger partial charge in [0.2, 0.25) is 0 Å². The number of hydrogen-bond acceptors (Lipinski definition) is 3. The molecule has 1 amide bonds. The lowest BCUT2D eigenvalue weighted by molar-refractivity contribution is 0.0950. The minimum absolute atomic E-state index is 0.299. The number of carbonyl (C=O) groups excluding carboxylic acids is 1. The van der Waals surface area contributed by atoms with Gasteiger partial charge in [0, 0.05) is 6.20 Å². The van der Waals surface area contributed by atoms with Gasteiger partial charge in [0.1, 0.15) is 5.69 Å². The summed E-state index contributed by atoms with van der Waals surface area (Å²) in [6.45, 7) is 0. The number of carbonyl (C=O) groups is 1. The molecular formula is C15H12ClN3O. The third kappa shape index (κ3) is 4.33. The second-order valence-corrected chi connectivity index (χ2v) is 4.29. The minimum Gasteiger partial charge on any atom is -0.266 e. The van der Waals surface area contributed by atoms with Crippen molar-refractivity contribution < 1.29 is 4.79 Å². The Morgan fingerprint density at radius 1 is 1.15 bits per heavy atom. The largest absolute Gasteiger partial charge is 0.289 e. The highest BCUT2D eigenvalue weighted by molar-refractivity contribution is 6.41. The predicted molar refractivity (Wildman–Crippen MR) is 80.5 cm³/mol. The van der Waals surface area contributed by atoms with Crippen molar-refractivity contribution in [1.29, 1.82) is 0 Å². The van der Waals surface area contributed by atoms with Crippen LogP contribution in [-0.4, -0.2) is 17.1 Å². The molecule has 0 radical (unpaired) electrons. The lowest BCUT2D eigenvalue weighted by Crippen LogP contribution is -2.18. The van der Waals surface area contributed by atoms with Crippen LogP contribution in [-0.2, 0) is 0 Å². The molecule has 1 N–H and O–H groups in total. The summed E-state index contributed by atoms with van der Waals surface area (Å²) < 4.78 is 0. The molecule has 1 heterocycles. The monoisotopic (exact) mass is 285 g/mol. The lowest BCUT2D eigenvalue weighted by atomic mass is 10.2. The number of halogens is 1. The van der Waals surface area contributed by atoms with Crippen molar-refractivity contribution in [2.24, 2.45) is 5.10 Å². The molecule has 0 atom stereocenters. The molecule has 0 saturated heterocycles. The summed E-state index contributed by atoms with van der Waals surface area (Å²) in [4.78, 5) is 15.5. The third-order valence-electron chi connectivity index (χ3n) is 2.36. The molecule has 0 bridgehead atoms. The Bertz CT molecular complexity index is 624. The predicted octanol–water partition coefficient (Wildman–Crippen LogP) is 3.08. The molecule has 1 aromatic carbocycles. The van der Waals surface area contributed by atoms with E-state index >= 15 is 0 Å². The number of pyridine rings is 1. The normalized spacial score (nSPS) is 11.6. The maximum atomic E-state index is 11.6. The van der Waals surface area contributed by atoms with Crippen molar-refractivity contribution >= 4 is 29.8 Å². The van der Waals surface area contributed by atoms with Crippen LogP contribution in [0.25, 0.3) is 6.08 Å². The Balaban J connectivity index is 1.94. The summed E-state index contributed by atoms with van der Waals surface area (Å²) in [5.74, 6) is -0.383. The van der Waals surface area contributed by atoms with E-state index < -0.39 is 0 Å². The number of nitrogens with one attached hydrogen (secondary N) is 1. The van der Waals surface area contributed by atoms with Gasteiger partial charge in [-0.05, 0) is 23.8 Å². The van der Waals surface area contributed by atoms with E-state index in [0.717, 1.165) is 5.56 Å². The van der Waals surface area contributed by atoms with E-state index in [1.807, 2.05) is 30.3 Å². The van der Waals surface area contributed by atoms with Crippen molar-refractivity contribution in [1.82, 2.24) is 10.4 Å². The average molecular weight is 286 g/mol. The smallest absolute Gasteiger partial charge is 0.266 e. The fraction of sp³-hybridized carbons (Fsp3) is 0. The SMILES string of the molecule is O=C(NN=C/C(Cl)=C/c1ccccc1)c1ccccn1. The summed E-state index contributed by atoms with van der Waals surface area (Å²) >= 11 is 5.99. The molecule has 5 heteroatoms. The van der Waals surface area contributed by atoms with Crippen LogP contribution in [0.3, 0.4) is 0 Å². The van der Waals surface area contributed by atoms with Crippen LogP contribution >= 0.6 is 11.6 Å². The molecule has 0 unspecified atom stereocenters. The molecule has 0 aliphatic rings. The van der Waals surface area contributed by atoms with E-state index in [4.69, 9.17) is 11.6 Å². The second-order valence-electron chi connectivity index (χ2n) is 3.85. The van der Waals surface area contributed by atoms with Crippen LogP contribution in [0.5, 0.6) is 0 Å². The van der Waals surface area contributed by atoms with Crippen molar-refractivity contribution in [3.63, 3.8) is 0 Å². The van der Waals surface area contributed by atoms with E-state index in [-0.39, 0.29) is 5.91 Å². The quantitative estimate of drug-likeness (QED) is 0.693. The zero-order chi connectivity index (χ0) is 14.2. The molecule has 0 aliphatic heterocycles. The van der Waals surface area contributed by atoms with Crippen LogP contribution in [0.15, 0.2) is 64.9 Å². The fourth-order valence-corrected chi connectivity index (χ4v) is 1.63. The first kappa shape index (κ1) is 14.0. The Morgan fingerprint density at radius 2 is 1.90 bits per heavy atom. The number of hydrogen-bond donors (Lipinski definition) is 1. The highest BCUT2D eigenvalue weighted by Crippen LogP contribution is 2.07. The van der Waals surface area contributed by atoms with Gasteiger partial charge in [-0.3, -0.25) is 9.78 Å². The van der Waals surface area contributed by atoms with Gasteiger partial charge < -0.3 is 0 Å². The standard InChI is InChI=1S/C15H12ClN3O/c16-13(10-12-6-2-1-3-7-12)11-18-19-15(20)14-8-4-5-9-17-14/h1-11H,(H,19,20)/b13-10-,18-11?. The van der Waals surface area contributed by atoms with Gasteiger partial charge in [-0.15, -0.1) is 0 Å². The van der Waals surface area contributed by atoms with Crippen LogP contribution in [0.1, 0.15) is 16.1 Å². The van der Waals surface area contributed by atoms with Gasteiger partial charge in [-0.2, -0.15) is 5.10 Å². The number of nitrogens with zero attached hydrogens (tertiary/aromatic N) is 2. The van der Waals surface area contributed by atoms with E-state index in [2.05, 4.69) is 15.5 Å². The van der Waals surface area contributed by atoms with Gasteiger partial charge >= 0.3 is 0 Å². The molecule has 1 aromatic heterocycles. The minimum atomic E-state index is -0.383. The first-order valence-corrected chi connectivity index (χ1v) is 6.30. The number of aromatic nitrogens is 1. The average Bonchev–Trinajstić information content (AvgIpc) is 2.49. The van der Waals surface area contributed by atoms with E-state index in [1.54, 1.807) is 30.5 Å². The van der Waals surface area contributed by atoms with Gasteiger partial charge in [0.15, 0.2) is 0 Å². The van der Waals surface area contributed by atoms with E-state index in [1.165, 1.54) is 6.21 Å². The third-order valence-corrected chi connectivity index (χ3v) is 2.56. The van der Waals surface area contributed by atoms with Gasteiger partial charge in [-0.1, -0.05) is 48.0 Å². The first-order valence-electron chi connectivity index (χ1n) is 5.92. The number of allylic oxidation sites excluding steroid dienone is 1. The van der Waals surface area contributed by atoms with Crippen LogP contribution in [0.2, 0.25) is 0 Å². The van der Waals surface area contributed by atoms with Crippen molar-refractivity contribution in [2.45, 2.75) is 0 Å². The van der Waals surface area contributed by atoms with E-state index in [9.17, 15) is 4.79 Å². The molecule has 0 spiro atoms. The highest BCUT2D eigenvalue weighted by Gasteiger charge is 2.03. The van der Waals surface area contributed by atoms with Crippen LogP contribution in [0, 0.1) is 0 Å². The molecule has 100 valence electrons. The second kappa shape index (κ2) is 7.21. The summed E-state index contributed by atoms with van der Waals surface area (Å²) in [7, 11) is 0. The zero-order valence-electron chi connectivity index (χ0n) is 10.5.